The SMILES string of the molecule is CC(C)(C)OC(=O)C1[C@H]2CN(c3c(F)cc(N4C(=O)OC[C@H]4CO)cc3F)C[C@@H]12. The quantitative estimate of drug-likeness (QED) is 0.768. The van der Waals surface area contributed by atoms with Crippen molar-refractivity contribution in [2.24, 2.45) is 17.8 Å². The van der Waals surface area contributed by atoms with Crippen LogP contribution in [0.2, 0.25) is 0 Å². The molecule has 2 heterocycles. The Morgan fingerprint density at radius 1 is 1.24 bits per heavy atom. The fourth-order valence-corrected chi connectivity index (χ4v) is 4.33. The van der Waals surface area contributed by atoms with Crippen molar-refractivity contribution in [2.75, 3.05) is 36.1 Å². The number of carbonyl (C=O) groups excluding carboxylic acids is 2. The van der Waals surface area contributed by atoms with E-state index in [0.717, 1.165) is 17.0 Å². The van der Waals surface area contributed by atoms with Crippen LogP contribution in [0, 0.1) is 29.4 Å². The van der Waals surface area contributed by atoms with Gasteiger partial charge in [0.15, 0.2) is 11.6 Å². The van der Waals surface area contributed by atoms with Crippen LogP contribution in [-0.4, -0.2) is 55.1 Å². The fraction of sp³-hybridized carbons (Fsp3) is 0.600. The number of benzene rings is 1. The number of amides is 1. The van der Waals surface area contributed by atoms with Gasteiger partial charge < -0.3 is 19.5 Å². The van der Waals surface area contributed by atoms with Crippen molar-refractivity contribution in [3.05, 3.63) is 23.8 Å². The molecular formula is C20H24F2N2O5. The van der Waals surface area contributed by atoms with E-state index in [2.05, 4.69) is 0 Å². The third-order valence-electron chi connectivity index (χ3n) is 5.64. The lowest BCUT2D eigenvalue weighted by Gasteiger charge is -2.26. The Labute approximate surface area is 167 Å². The lowest BCUT2D eigenvalue weighted by Crippen LogP contribution is -2.36. The zero-order valence-corrected chi connectivity index (χ0v) is 16.5. The highest BCUT2D eigenvalue weighted by molar-refractivity contribution is 5.90. The van der Waals surface area contributed by atoms with Gasteiger partial charge in [0.05, 0.1) is 24.3 Å². The number of rotatable bonds is 4. The van der Waals surface area contributed by atoms with Crippen LogP contribution in [0.4, 0.5) is 25.0 Å². The van der Waals surface area contributed by atoms with Crippen LogP contribution in [0.3, 0.4) is 0 Å². The van der Waals surface area contributed by atoms with E-state index in [0.29, 0.717) is 13.1 Å². The highest BCUT2D eigenvalue weighted by Gasteiger charge is 2.61. The number of hydrogen-bond acceptors (Lipinski definition) is 6. The number of aliphatic hydroxyl groups excluding tert-OH is 1. The number of nitrogens with zero attached hydrogens (tertiary/aromatic N) is 2. The maximum atomic E-state index is 14.8. The number of hydrogen-bond donors (Lipinski definition) is 1. The number of esters is 1. The maximum Gasteiger partial charge on any atom is 0.414 e. The molecule has 4 rings (SSSR count). The van der Waals surface area contributed by atoms with Gasteiger partial charge in [0.2, 0.25) is 0 Å². The molecular weight excluding hydrogens is 386 g/mol. The first-order chi connectivity index (χ1) is 13.6. The second-order valence-electron chi connectivity index (χ2n) is 8.83. The van der Waals surface area contributed by atoms with E-state index in [4.69, 9.17) is 9.47 Å². The molecule has 0 spiro atoms. The lowest BCUT2D eigenvalue weighted by atomic mass is 10.1. The van der Waals surface area contributed by atoms with Crippen molar-refractivity contribution in [1.82, 2.24) is 0 Å². The molecule has 0 bridgehead atoms. The summed E-state index contributed by atoms with van der Waals surface area (Å²) in [6, 6.07) is 1.47. The molecule has 0 radical (unpaired) electrons. The summed E-state index contributed by atoms with van der Waals surface area (Å²) in [6.45, 7) is 5.73. The summed E-state index contributed by atoms with van der Waals surface area (Å²) in [5.41, 5.74) is -0.733. The van der Waals surface area contributed by atoms with Gasteiger partial charge in [-0.15, -0.1) is 0 Å². The van der Waals surface area contributed by atoms with E-state index in [1.54, 1.807) is 25.7 Å². The Hall–Kier alpha value is -2.42. The number of anilines is 2. The summed E-state index contributed by atoms with van der Waals surface area (Å²) in [4.78, 5) is 26.7. The van der Waals surface area contributed by atoms with E-state index in [1.807, 2.05) is 0 Å². The van der Waals surface area contributed by atoms with Crippen LogP contribution < -0.4 is 9.80 Å². The molecule has 0 aromatic heterocycles. The fourth-order valence-electron chi connectivity index (χ4n) is 4.33. The van der Waals surface area contributed by atoms with Gasteiger partial charge in [0.25, 0.3) is 0 Å². The maximum absolute atomic E-state index is 14.8. The lowest BCUT2D eigenvalue weighted by molar-refractivity contribution is -0.157. The first kappa shape index (κ1) is 19.9. The van der Waals surface area contributed by atoms with Crippen LogP contribution in [-0.2, 0) is 14.3 Å². The average Bonchev–Trinajstić information content (AvgIpc) is 2.94. The normalized spacial score (nSPS) is 28.4. The van der Waals surface area contributed by atoms with Gasteiger partial charge in [0.1, 0.15) is 17.9 Å². The summed E-state index contributed by atoms with van der Waals surface area (Å²) in [7, 11) is 0. The summed E-state index contributed by atoms with van der Waals surface area (Å²) in [5, 5.41) is 9.35. The van der Waals surface area contributed by atoms with Crippen LogP contribution in [0.1, 0.15) is 20.8 Å². The molecule has 3 fully saturated rings. The van der Waals surface area contributed by atoms with E-state index in [1.165, 1.54) is 0 Å². The predicted molar refractivity (Wildman–Crippen MR) is 99.6 cm³/mol. The van der Waals surface area contributed by atoms with Crippen molar-refractivity contribution < 1.29 is 33.0 Å². The monoisotopic (exact) mass is 410 g/mol. The van der Waals surface area contributed by atoms with E-state index < -0.39 is 29.4 Å². The summed E-state index contributed by atoms with van der Waals surface area (Å²) in [6.07, 6.45) is -0.752. The Bertz CT molecular complexity index is 821. The molecule has 1 N–H and O–H groups in total. The van der Waals surface area contributed by atoms with Crippen molar-refractivity contribution in [3.63, 3.8) is 0 Å². The van der Waals surface area contributed by atoms with Crippen LogP contribution in [0.25, 0.3) is 0 Å². The molecule has 1 amide bonds. The van der Waals surface area contributed by atoms with Gasteiger partial charge in [-0.05, 0) is 32.6 Å². The molecule has 1 unspecified atom stereocenters. The Morgan fingerprint density at radius 2 is 1.83 bits per heavy atom. The molecule has 1 aliphatic carbocycles. The largest absolute Gasteiger partial charge is 0.460 e. The molecule has 7 nitrogen and oxygen atoms in total. The van der Waals surface area contributed by atoms with Gasteiger partial charge in [-0.2, -0.15) is 0 Å². The molecule has 1 aromatic carbocycles. The van der Waals surface area contributed by atoms with Crippen molar-refractivity contribution >= 4 is 23.4 Å². The zero-order chi connectivity index (χ0) is 21.1. The van der Waals surface area contributed by atoms with Gasteiger partial charge >= 0.3 is 12.1 Å². The first-order valence-corrected chi connectivity index (χ1v) is 9.64. The van der Waals surface area contributed by atoms with E-state index in [9.17, 15) is 23.5 Å². The predicted octanol–water partition coefficient (Wildman–Crippen LogP) is 2.31. The Morgan fingerprint density at radius 3 is 2.34 bits per heavy atom. The molecule has 29 heavy (non-hydrogen) atoms. The molecule has 4 atom stereocenters. The highest BCUT2D eigenvalue weighted by atomic mass is 19.1. The molecule has 1 aromatic rings. The summed E-state index contributed by atoms with van der Waals surface area (Å²) < 4.78 is 39.8. The third kappa shape index (κ3) is 3.52. The van der Waals surface area contributed by atoms with Crippen LogP contribution in [0.5, 0.6) is 0 Å². The topological polar surface area (TPSA) is 79.3 Å². The standard InChI is InChI=1S/C20H24F2N2O5/c1-20(2,3)29-18(26)16-12-6-23(7-13(12)16)17-14(21)4-10(5-15(17)22)24-11(8-25)9-28-19(24)27/h4-5,11-13,16,25H,6-9H2,1-3H3/t11-,12-,13+,16?/m1/s1. The minimum atomic E-state index is -0.800. The van der Waals surface area contributed by atoms with Gasteiger partial charge in [-0.25, -0.2) is 13.6 Å². The van der Waals surface area contributed by atoms with E-state index in [-0.39, 0.29) is 48.3 Å². The number of halogens is 2. The Balaban J connectivity index is 1.48. The number of fused-ring (bicyclic) bond motifs is 1. The smallest absolute Gasteiger partial charge is 0.414 e. The molecule has 158 valence electrons. The van der Waals surface area contributed by atoms with Gasteiger partial charge in [-0.3, -0.25) is 9.69 Å². The average molecular weight is 410 g/mol. The second kappa shape index (κ2) is 6.83. The Kier molecular flexibility index (Phi) is 4.68. The zero-order valence-electron chi connectivity index (χ0n) is 16.5. The molecule has 3 aliphatic rings. The summed E-state index contributed by atoms with van der Waals surface area (Å²) >= 11 is 0. The second-order valence-corrected chi connectivity index (χ2v) is 8.83. The minimum absolute atomic E-state index is 0.00119. The number of cyclic esters (lactones) is 1. The van der Waals surface area contributed by atoms with Gasteiger partial charge in [-0.1, -0.05) is 0 Å². The number of piperidine rings is 1. The van der Waals surface area contributed by atoms with Gasteiger partial charge in [0, 0.05) is 25.2 Å². The number of carbonyl (C=O) groups is 2. The highest BCUT2D eigenvalue weighted by Crippen LogP contribution is 2.54. The minimum Gasteiger partial charge on any atom is -0.460 e. The van der Waals surface area contributed by atoms with E-state index >= 15 is 0 Å². The van der Waals surface area contributed by atoms with Crippen LogP contribution >= 0.6 is 0 Å². The summed E-state index contributed by atoms with van der Waals surface area (Å²) in [5.74, 6) is -2.03. The van der Waals surface area contributed by atoms with Crippen molar-refractivity contribution in [2.45, 2.75) is 32.4 Å². The van der Waals surface area contributed by atoms with Crippen LogP contribution in [0.15, 0.2) is 12.1 Å². The number of aliphatic hydroxyl groups is 1. The number of ether oxygens (including phenoxy) is 2. The molecule has 1 saturated carbocycles. The molecule has 2 aliphatic heterocycles. The van der Waals surface area contributed by atoms with Crippen molar-refractivity contribution in [1.29, 1.82) is 0 Å². The molecule has 2 saturated heterocycles. The first-order valence-electron chi connectivity index (χ1n) is 9.64. The van der Waals surface area contributed by atoms with Crippen molar-refractivity contribution in [3.8, 4) is 0 Å². The molecule has 9 heteroatoms. The third-order valence-corrected chi connectivity index (χ3v) is 5.64.